The van der Waals surface area contributed by atoms with Gasteiger partial charge in [-0.25, -0.2) is 9.78 Å². The van der Waals surface area contributed by atoms with E-state index in [1.807, 2.05) is 18.2 Å². The van der Waals surface area contributed by atoms with Crippen LogP contribution in [0.4, 0.5) is 5.69 Å². The summed E-state index contributed by atoms with van der Waals surface area (Å²) in [6.45, 7) is 0. The van der Waals surface area contributed by atoms with Crippen molar-refractivity contribution in [3.8, 4) is 11.8 Å². The number of carbonyl (C=O) groups is 1. The first-order chi connectivity index (χ1) is 11.0. The highest BCUT2D eigenvalue weighted by molar-refractivity contribution is 6.30. The standard InChI is InChI=1S/C16H11ClN4O2/c1-23-16(22)15-14(19)11(6-18)8-21(15)12-3-2-9-7-20-13(17)5-10(9)4-12/h2-5,7-8H,19H2,1H3. The Hall–Kier alpha value is -3.04. The van der Waals surface area contributed by atoms with Crippen LogP contribution in [0.1, 0.15) is 16.1 Å². The van der Waals surface area contributed by atoms with Crippen LogP contribution in [0.5, 0.6) is 0 Å². The van der Waals surface area contributed by atoms with Crippen LogP contribution < -0.4 is 5.73 Å². The minimum absolute atomic E-state index is 0.0900. The van der Waals surface area contributed by atoms with Crippen LogP contribution in [0.3, 0.4) is 0 Å². The van der Waals surface area contributed by atoms with Crippen LogP contribution in [0.25, 0.3) is 16.5 Å². The van der Waals surface area contributed by atoms with Gasteiger partial charge in [-0.05, 0) is 23.6 Å². The summed E-state index contributed by atoms with van der Waals surface area (Å²) in [6.07, 6.45) is 3.17. The molecule has 0 aliphatic carbocycles. The zero-order valence-corrected chi connectivity index (χ0v) is 12.8. The Morgan fingerprint density at radius 2 is 2.17 bits per heavy atom. The number of rotatable bonds is 2. The van der Waals surface area contributed by atoms with Crippen LogP contribution in [-0.4, -0.2) is 22.6 Å². The van der Waals surface area contributed by atoms with Gasteiger partial charge in [0.25, 0.3) is 0 Å². The summed E-state index contributed by atoms with van der Waals surface area (Å²) in [5.41, 5.74) is 6.96. The van der Waals surface area contributed by atoms with Gasteiger partial charge in [-0.15, -0.1) is 0 Å². The molecule has 0 radical (unpaired) electrons. The number of nitriles is 1. The van der Waals surface area contributed by atoms with Gasteiger partial charge < -0.3 is 15.0 Å². The average Bonchev–Trinajstić information content (AvgIpc) is 2.90. The summed E-state index contributed by atoms with van der Waals surface area (Å²) in [5, 5.41) is 11.3. The molecule has 0 saturated heterocycles. The smallest absolute Gasteiger partial charge is 0.357 e. The summed E-state index contributed by atoms with van der Waals surface area (Å²) in [5.74, 6) is -0.614. The fourth-order valence-corrected chi connectivity index (χ4v) is 2.54. The number of halogens is 1. The zero-order valence-electron chi connectivity index (χ0n) is 12.1. The number of nitrogen functional groups attached to an aromatic ring is 1. The first kappa shape index (κ1) is 14.9. The molecule has 0 spiro atoms. The molecule has 0 atom stereocenters. The molecule has 2 aromatic heterocycles. The molecule has 7 heteroatoms. The van der Waals surface area contributed by atoms with E-state index in [9.17, 15) is 4.79 Å². The predicted octanol–water partition coefficient (Wildman–Crippen LogP) is 2.92. The molecule has 6 nitrogen and oxygen atoms in total. The molecule has 114 valence electrons. The minimum Gasteiger partial charge on any atom is -0.464 e. The molecule has 23 heavy (non-hydrogen) atoms. The lowest BCUT2D eigenvalue weighted by Gasteiger charge is -2.09. The van der Waals surface area contributed by atoms with Gasteiger partial charge >= 0.3 is 5.97 Å². The van der Waals surface area contributed by atoms with E-state index >= 15 is 0 Å². The van der Waals surface area contributed by atoms with Gasteiger partial charge in [-0.2, -0.15) is 5.26 Å². The molecule has 0 bridgehead atoms. The number of aromatic nitrogens is 2. The first-order valence-corrected chi connectivity index (χ1v) is 6.98. The van der Waals surface area contributed by atoms with Crippen molar-refractivity contribution in [2.24, 2.45) is 0 Å². The fraction of sp³-hybridized carbons (Fsp3) is 0.0625. The van der Waals surface area contributed by atoms with Gasteiger partial charge in [-0.1, -0.05) is 17.7 Å². The number of methoxy groups -OCH3 is 1. The SMILES string of the molecule is COC(=O)c1c(N)c(C#N)cn1-c1ccc2cnc(Cl)cc2c1. The number of nitrogens with two attached hydrogens (primary N) is 1. The Morgan fingerprint density at radius 1 is 1.39 bits per heavy atom. The topological polar surface area (TPSA) is 93.9 Å². The third-order valence-corrected chi connectivity index (χ3v) is 3.70. The van der Waals surface area contributed by atoms with Crippen molar-refractivity contribution in [3.63, 3.8) is 0 Å². The number of ether oxygens (including phenoxy) is 1. The van der Waals surface area contributed by atoms with Gasteiger partial charge in [0, 0.05) is 23.5 Å². The molecular weight excluding hydrogens is 316 g/mol. The Labute approximate surface area is 136 Å². The van der Waals surface area contributed by atoms with Crippen molar-refractivity contribution in [2.75, 3.05) is 12.8 Å². The Kier molecular flexibility index (Phi) is 3.64. The number of benzene rings is 1. The lowest BCUT2D eigenvalue weighted by atomic mass is 10.1. The van der Waals surface area contributed by atoms with Crippen molar-refractivity contribution < 1.29 is 9.53 Å². The van der Waals surface area contributed by atoms with E-state index < -0.39 is 5.97 Å². The largest absolute Gasteiger partial charge is 0.464 e. The lowest BCUT2D eigenvalue weighted by Crippen LogP contribution is -2.11. The third-order valence-electron chi connectivity index (χ3n) is 3.49. The first-order valence-electron chi connectivity index (χ1n) is 6.60. The maximum Gasteiger partial charge on any atom is 0.357 e. The summed E-state index contributed by atoms with van der Waals surface area (Å²) in [4.78, 5) is 16.0. The van der Waals surface area contributed by atoms with Crippen LogP contribution >= 0.6 is 11.6 Å². The highest BCUT2D eigenvalue weighted by atomic mass is 35.5. The maximum absolute atomic E-state index is 12.0. The van der Waals surface area contributed by atoms with E-state index in [1.54, 1.807) is 18.3 Å². The minimum atomic E-state index is -0.614. The molecule has 3 rings (SSSR count). The van der Waals surface area contributed by atoms with Gasteiger partial charge in [0.15, 0.2) is 5.69 Å². The number of hydrogen-bond donors (Lipinski definition) is 1. The van der Waals surface area contributed by atoms with E-state index in [0.717, 1.165) is 10.8 Å². The molecule has 0 amide bonds. The van der Waals surface area contributed by atoms with Gasteiger partial charge in [-0.3, -0.25) is 0 Å². The molecule has 3 aromatic rings. The number of pyridine rings is 1. The normalized spacial score (nSPS) is 10.5. The van der Waals surface area contributed by atoms with Crippen LogP contribution in [0, 0.1) is 11.3 Å². The van der Waals surface area contributed by atoms with Gasteiger partial charge in [0.1, 0.15) is 11.2 Å². The summed E-state index contributed by atoms with van der Waals surface area (Å²) in [6, 6.07) is 9.16. The van der Waals surface area contributed by atoms with Crippen molar-refractivity contribution in [3.05, 3.63) is 53.1 Å². The molecule has 0 fully saturated rings. The Balaban J connectivity index is 2.26. The van der Waals surface area contributed by atoms with Crippen LogP contribution in [0.15, 0.2) is 36.7 Å². The van der Waals surface area contributed by atoms with E-state index in [4.69, 9.17) is 27.3 Å². The number of carbonyl (C=O) groups excluding carboxylic acids is 1. The van der Waals surface area contributed by atoms with Crippen LogP contribution in [-0.2, 0) is 4.74 Å². The second kappa shape index (κ2) is 5.63. The second-order valence-corrected chi connectivity index (χ2v) is 5.20. The lowest BCUT2D eigenvalue weighted by molar-refractivity contribution is 0.0593. The van der Waals surface area contributed by atoms with Crippen LogP contribution in [0.2, 0.25) is 5.15 Å². The Bertz CT molecular complexity index is 972. The highest BCUT2D eigenvalue weighted by Gasteiger charge is 2.21. The number of fused-ring (bicyclic) bond motifs is 1. The molecule has 0 aliphatic heterocycles. The molecule has 0 unspecified atom stereocenters. The number of nitrogens with zero attached hydrogens (tertiary/aromatic N) is 3. The molecule has 2 heterocycles. The van der Waals surface area contributed by atoms with Crippen molar-refractivity contribution in [1.29, 1.82) is 5.26 Å². The number of hydrogen-bond acceptors (Lipinski definition) is 5. The molecule has 0 saturated carbocycles. The van der Waals surface area contributed by atoms with E-state index in [-0.39, 0.29) is 16.9 Å². The van der Waals surface area contributed by atoms with Gasteiger partial charge in [0.2, 0.25) is 0 Å². The van der Waals surface area contributed by atoms with E-state index in [1.165, 1.54) is 17.9 Å². The van der Waals surface area contributed by atoms with Crippen molar-refractivity contribution in [2.45, 2.75) is 0 Å². The summed E-state index contributed by atoms with van der Waals surface area (Å²) in [7, 11) is 1.26. The predicted molar refractivity (Wildman–Crippen MR) is 86.5 cm³/mol. The second-order valence-electron chi connectivity index (χ2n) is 4.82. The maximum atomic E-state index is 12.0. The van der Waals surface area contributed by atoms with Crippen molar-refractivity contribution >= 4 is 34.0 Å². The van der Waals surface area contributed by atoms with E-state index in [2.05, 4.69) is 4.98 Å². The van der Waals surface area contributed by atoms with Crippen molar-refractivity contribution in [1.82, 2.24) is 9.55 Å². The Morgan fingerprint density at radius 3 is 2.87 bits per heavy atom. The monoisotopic (exact) mass is 326 g/mol. The number of anilines is 1. The highest BCUT2D eigenvalue weighted by Crippen LogP contribution is 2.27. The molecule has 0 aliphatic rings. The van der Waals surface area contributed by atoms with E-state index in [0.29, 0.717) is 10.8 Å². The molecular formula is C16H11ClN4O2. The molecule has 1 aromatic carbocycles. The summed E-state index contributed by atoms with van der Waals surface area (Å²) >= 11 is 5.92. The fourth-order valence-electron chi connectivity index (χ4n) is 2.37. The quantitative estimate of drug-likeness (QED) is 0.577. The molecule has 2 N–H and O–H groups in total. The third kappa shape index (κ3) is 2.47. The summed E-state index contributed by atoms with van der Waals surface area (Å²) < 4.78 is 6.30. The number of esters is 1. The zero-order chi connectivity index (χ0) is 16.6. The average molecular weight is 327 g/mol. The van der Waals surface area contributed by atoms with Gasteiger partial charge in [0.05, 0.1) is 18.4 Å².